The molecule has 0 aliphatic carbocycles. The van der Waals surface area contributed by atoms with Crippen LogP contribution in [0.5, 0.6) is 0 Å². The van der Waals surface area contributed by atoms with Gasteiger partial charge in [-0.3, -0.25) is 14.0 Å². The number of hydrogen-bond acceptors (Lipinski definition) is 5. The molecule has 0 saturated carbocycles. The largest absolute Gasteiger partial charge is 0.355 e. The number of aryl methyl sites for hydroxylation is 2. The van der Waals surface area contributed by atoms with Crippen molar-refractivity contribution >= 4 is 34.3 Å². The number of amides is 1. The van der Waals surface area contributed by atoms with Crippen LogP contribution >= 0.6 is 11.8 Å². The van der Waals surface area contributed by atoms with Crippen LogP contribution in [0, 0.1) is 13.8 Å². The van der Waals surface area contributed by atoms with Crippen molar-refractivity contribution in [1.82, 2.24) is 24.5 Å². The number of aromatic nitrogens is 4. The van der Waals surface area contributed by atoms with Gasteiger partial charge in [0, 0.05) is 6.54 Å². The van der Waals surface area contributed by atoms with Crippen LogP contribution in [0.3, 0.4) is 0 Å². The van der Waals surface area contributed by atoms with Gasteiger partial charge in [-0.2, -0.15) is 0 Å². The lowest BCUT2D eigenvalue weighted by Crippen LogP contribution is -2.26. The summed E-state index contributed by atoms with van der Waals surface area (Å²) in [7, 11) is 0. The highest BCUT2D eigenvalue weighted by Gasteiger charge is 2.19. The van der Waals surface area contributed by atoms with Crippen LogP contribution in [0.25, 0.3) is 22.4 Å². The van der Waals surface area contributed by atoms with Crippen LogP contribution < -0.4 is 10.9 Å². The molecular weight excluding hydrogens is 422 g/mol. The fourth-order valence-corrected chi connectivity index (χ4v) is 4.60. The van der Waals surface area contributed by atoms with Crippen molar-refractivity contribution in [3.05, 3.63) is 63.9 Å². The number of unbranched alkanes of at least 4 members (excludes halogenated alkanes) is 2. The third-order valence-corrected chi connectivity index (χ3v) is 6.35. The van der Waals surface area contributed by atoms with Gasteiger partial charge in [-0.05, 0) is 44.0 Å². The molecule has 0 unspecified atom stereocenters. The van der Waals surface area contributed by atoms with E-state index in [9.17, 15) is 9.59 Å². The molecule has 1 amide bonds. The van der Waals surface area contributed by atoms with E-state index in [-0.39, 0.29) is 17.2 Å². The quantitative estimate of drug-likeness (QED) is 0.324. The topological polar surface area (TPSA) is 81.3 Å². The number of fused-ring (bicyclic) bond motifs is 3. The lowest BCUT2D eigenvalue weighted by molar-refractivity contribution is -0.118. The van der Waals surface area contributed by atoms with Gasteiger partial charge in [-0.25, -0.2) is 4.57 Å². The van der Waals surface area contributed by atoms with E-state index < -0.39 is 0 Å². The number of nitrogens with zero attached hydrogens (tertiary/aromatic N) is 4. The Morgan fingerprint density at radius 1 is 1.09 bits per heavy atom. The van der Waals surface area contributed by atoms with Gasteiger partial charge in [0.05, 0.1) is 22.3 Å². The summed E-state index contributed by atoms with van der Waals surface area (Å²) in [6.45, 7) is 6.82. The molecule has 0 aliphatic heterocycles. The first kappa shape index (κ1) is 22.1. The molecule has 0 bridgehead atoms. The summed E-state index contributed by atoms with van der Waals surface area (Å²) in [4.78, 5) is 25.7. The van der Waals surface area contributed by atoms with E-state index in [1.54, 1.807) is 4.57 Å². The highest BCUT2D eigenvalue weighted by atomic mass is 32.2. The van der Waals surface area contributed by atoms with Gasteiger partial charge >= 0.3 is 0 Å². The minimum absolute atomic E-state index is 0.0325. The summed E-state index contributed by atoms with van der Waals surface area (Å²) in [5.74, 6) is 0.644. The second-order valence-electron chi connectivity index (χ2n) is 7.91. The van der Waals surface area contributed by atoms with Crippen molar-refractivity contribution < 1.29 is 4.79 Å². The number of rotatable bonds is 8. The van der Waals surface area contributed by atoms with E-state index in [1.165, 1.54) is 11.8 Å². The Hall–Kier alpha value is -3.13. The number of thioether (sulfide) groups is 1. The van der Waals surface area contributed by atoms with Crippen molar-refractivity contribution in [2.24, 2.45) is 0 Å². The highest BCUT2D eigenvalue weighted by molar-refractivity contribution is 7.99. The maximum absolute atomic E-state index is 13.4. The second-order valence-corrected chi connectivity index (χ2v) is 8.85. The molecule has 2 heterocycles. The van der Waals surface area contributed by atoms with Gasteiger partial charge in [0.25, 0.3) is 5.56 Å². The van der Waals surface area contributed by atoms with Gasteiger partial charge in [0.15, 0.2) is 5.16 Å². The average Bonchev–Trinajstić information content (AvgIpc) is 3.20. The van der Waals surface area contributed by atoms with Gasteiger partial charge in [0.2, 0.25) is 11.7 Å². The van der Waals surface area contributed by atoms with Gasteiger partial charge in [-0.1, -0.05) is 61.4 Å². The van der Waals surface area contributed by atoms with Crippen molar-refractivity contribution in [3.8, 4) is 5.69 Å². The Labute approximate surface area is 190 Å². The van der Waals surface area contributed by atoms with E-state index in [4.69, 9.17) is 0 Å². The maximum Gasteiger partial charge on any atom is 0.267 e. The van der Waals surface area contributed by atoms with E-state index in [0.29, 0.717) is 22.9 Å². The third kappa shape index (κ3) is 4.27. The van der Waals surface area contributed by atoms with Crippen LogP contribution in [0.15, 0.2) is 52.4 Å². The van der Waals surface area contributed by atoms with Crippen LogP contribution in [-0.2, 0) is 4.79 Å². The standard InChI is InChI=1S/C24H27N5O2S/c1-4-5-8-13-25-21(30)15-32-24-27-26-23-28(19-12-11-16(2)14-17(19)3)22(31)18-9-6-7-10-20(18)29(23)24/h6-7,9-12,14H,4-5,8,13,15H2,1-3H3,(H,25,30). The summed E-state index contributed by atoms with van der Waals surface area (Å²) < 4.78 is 3.48. The Balaban J connectivity index is 1.77. The molecule has 0 aliphatic rings. The Morgan fingerprint density at radius 2 is 1.91 bits per heavy atom. The number of benzene rings is 2. The number of carbonyl (C=O) groups is 1. The van der Waals surface area contributed by atoms with Crippen LogP contribution in [-0.4, -0.2) is 37.4 Å². The average molecular weight is 450 g/mol. The molecule has 4 rings (SSSR count). The first-order valence-corrected chi connectivity index (χ1v) is 11.9. The first-order chi connectivity index (χ1) is 15.5. The summed E-state index contributed by atoms with van der Waals surface area (Å²) in [5, 5.41) is 12.8. The van der Waals surface area contributed by atoms with Crippen LogP contribution in [0.1, 0.15) is 37.3 Å². The monoisotopic (exact) mass is 449 g/mol. The molecule has 7 nitrogen and oxygen atoms in total. The molecule has 2 aromatic heterocycles. The minimum atomic E-state index is -0.141. The molecule has 1 N–H and O–H groups in total. The molecule has 2 aromatic carbocycles. The molecule has 0 fully saturated rings. The minimum Gasteiger partial charge on any atom is -0.355 e. The summed E-state index contributed by atoms with van der Waals surface area (Å²) in [5.41, 5.74) is 3.46. The summed E-state index contributed by atoms with van der Waals surface area (Å²) >= 11 is 1.32. The fraction of sp³-hybridized carbons (Fsp3) is 0.333. The van der Waals surface area contributed by atoms with Crippen molar-refractivity contribution in [3.63, 3.8) is 0 Å². The third-order valence-electron chi connectivity index (χ3n) is 5.42. The Morgan fingerprint density at radius 3 is 2.69 bits per heavy atom. The molecule has 0 atom stereocenters. The second kappa shape index (κ2) is 9.56. The predicted molar refractivity (Wildman–Crippen MR) is 129 cm³/mol. The maximum atomic E-state index is 13.4. The number of nitrogens with one attached hydrogen (secondary N) is 1. The smallest absolute Gasteiger partial charge is 0.267 e. The molecule has 4 aromatic rings. The SMILES string of the molecule is CCCCCNC(=O)CSc1nnc2n(-c3ccc(C)cc3C)c(=O)c3ccccc3n12. The number of para-hydroxylation sites is 1. The van der Waals surface area contributed by atoms with Gasteiger partial charge in [0.1, 0.15) is 0 Å². The van der Waals surface area contributed by atoms with Gasteiger partial charge < -0.3 is 5.32 Å². The van der Waals surface area contributed by atoms with E-state index in [1.807, 2.05) is 60.7 Å². The van der Waals surface area contributed by atoms with E-state index in [0.717, 1.165) is 41.6 Å². The van der Waals surface area contributed by atoms with Crippen LogP contribution in [0.2, 0.25) is 0 Å². The number of hydrogen-bond donors (Lipinski definition) is 1. The number of carbonyl (C=O) groups excluding carboxylic acids is 1. The summed E-state index contributed by atoms with van der Waals surface area (Å²) in [6.07, 6.45) is 3.20. The zero-order valence-corrected chi connectivity index (χ0v) is 19.4. The van der Waals surface area contributed by atoms with E-state index in [2.05, 4.69) is 22.4 Å². The Bertz CT molecular complexity index is 1340. The molecule has 8 heteroatoms. The summed E-state index contributed by atoms with van der Waals surface area (Å²) in [6, 6.07) is 13.4. The lowest BCUT2D eigenvalue weighted by atomic mass is 10.1. The zero-order valence-electron chi connectivity index (χ0n) is 18.6. The first-order valence-electron chi connectivity index (χ1n) is 10.9. The fourth-order valence-electron chi connectivity index (χ4n) is 3.83. The molecule has 0 saturated heterocycles. The molecular formula is C24H27N5O2S. The molecule has 32 heavy (non-hydrogen) atoms. The molecule has 166 valence electrons. The van der Waals surface area contributed by atoms with Crippen molar-refractivity contribution in [1.29, 1.82) is 0 Å². The Kier molecular flexibility index (Phi) is 6.60. The highest BCUT2D eigenvalue weighted by Crippen LogP contribution is 2.24. The predicted octanol–water partition coefficient (Wildman–Crippen LogP) is 4.05. The molecule has 0 radical (unpaired) electrons. The lowest BCUT2D eigenvalue weighted by Gasteiger charge is -2.13. The van der Waals surface area contributed by atoms with Crippen LogP contribution in [0.4, 0.5) is 0 Å². The van der Waals surface area contributed by atoms with Crippen molar-refractivity contribution in [2.45, 2.75) is 45.2 Å². The van der Waals surface area contributed by atoms with Gasteiger partial charge in [-0.15, -0.1) is 10.2 Å². The normalized spacial score (nSPS) is 11.3. The molecule has 0 spiro atoms. The zero-order chi connectivity index (χ0) is 22.7. The van der Waals surface area contributed by atoms with Crippen molar-refractivity contribution in [2.75, 3.05) is 12.3 Å². The van der Waals surface area contributed by atoms with E-state index >= 15 is 0 Å².